The van der Waals surface area contributed by atoms with Crippen LogP contribution in [-0.4, -0.2) is 37.7 Å². The molecule has 0 saturated heterocycles. The van der Waals surface area contributed by atoms with Gasteiger partial charge in [-0.2, -0.15) is 5.10 Å². The van der Waals surface area contributed by atoms with Crippen molar-refractivity contribution in [3.63, 3.8) is 0 Å². The smallest absolute Gasteiger partial charge is 0.267 e. The first kappa shape index (κ1) is 16.7. The second-order valence-corrected chi connectivity index (χ2v) is 7.02. The molecule has 0 aromatic carbocycles. The highest BCUT2D eigenvalue weighted by molar-refractivity contribution is 5.75. The molecular weight excluding hydrogens is 332 g/mol. The number of likely N-dealkylation sites (N-methyl/N-ethyl adjacent to an activating group) is 1. The molecule has 136 valence electrons. The predicted octanol–water partition coefficient (Wildman–Crippen LogP) is 1.19. The monoisotopic (exact) mass is 354 g/mol. The minimum atomic E-state index is -0.320. The molecule has 2 heterocycles. The molecule has 2 saturated carbocycles. The van der Waals surface area contributed by atoms with Crippen LogP contribution in [0.2, 0.25) is 0 Å². The van der Waals surface area contributed by atoms with Gasteiger partial charge in [0.1, 0.15) is 6.54 Å². The Morgan fingerprint density at radius 3 is 2.58 bits per heavy atom. The van der Waals surface area contributed by atoms with Crippen LogP contribution in [0, 0.1) is 5.92 Å². The number of nitrogens with zero attached hydrogens (tertiary/aromatic N) is 4. The molecule has 4 rings (SSSR count). The number of nitrogens with one attached hydrogen (secondary N) is 2. The summed E-state index contributed by atoms with van der Waals surface area (Å²) in [5, 5.41) is 10.4. The van der Waals surface area contributed by atoms with Crippen molar-refractivity contribution in [2.75, 3.05) is 11.9 Å². The van der Waals surface area contributed by atoms with Crippen LogP contribution in [0.1, 0.15) is 32.6 Å². The Bertz CT molecular complexity index is 868. The Hall–Kier alpha value is -2.77. The minimum absolute atomic E-state index is 0.106. The zero-order valence-electron chi connectivity index (χ0n) is 14.7. The molecular formula is C18H22N6O2. The maximum atomic E-state index is 11.9. The van der Waals surface area contributed by atoms with Crippen LogP contribution in [0.15, 0.2) is 29.3 Å². The van der Waals surface area contributed by atoms with Crippen molar-refractivity contribution in [3.05, 3.63) is 34.9 Å². The Morgan fingerprint density at radius 2 is 2.00 bits per heavy atom. The predicted molar refractivity (Wildman–Crippen MR) is 96.5 cm³/mol. The molecule has 2 fully saturated rings. The average Bonchev–Trinajstić information content (AvgIpc) is 2.63. The average molecular weight is 354 g/mol. The van der Waals surface area contributed by atoms with Gasteiger partial charge in [-0.15, -0.1) is 0 Å². The van der Waals surface area contributed by atoms with Gasteiger partial charge in [0.25, 0.3) is 5.56 Å². The number of anilines is 1. The first-order valence-electron chi connectivity index (χ1n) is 9.05. The zero-order valence-corrected chi connectivity index (χ0v) is 14.7. The van der Waals surface area contributed by atoms with Crippen LogP contribution in [0.3, 0.4) is 0 Å². The van der Waals surface area contributed by atoms with Crippen molar-refractivity contribution in [2.24, 2.45) is 5.92 Å². The van der Waals surface area contributed by atoms with Crippen molar-refractivity contribution in [2.45, 2.75) is 44.7 Å². The maximum Gasteiger partial charge on any atom is 0.267 e. The first-order chi connectivity index (χ1) is 12.6. The first-order valence-corrected chi connectivity index (χ1v) is 9.05. The van der Waals surface area contributed by atoms with Crippen molar-refractivity contribution in [1.82, 2.24) is 25.1 Å². The summed E-state index contributed by atoms with van der Waals surface area (Å²) in [7, 11) is 0. The van der Waals surface area contributed by atoms with Gasteiger partial charge in [0.15, 0.2) is 0 Å². The van der Waals surface area contributed by atoms with E-state index in [1.807, 2.05) is 6.92 Å². The molecule has 8 nitrogen and oxygen atoms in total. The lowest BCUT2D eigenvalue weighted by Gasteiger charge is -2.58. The minimum Gasteiger partial charge on any atom is -0.355 e. The van der Waals surface area contributed by atoms with Gasteiger partial charge in [0.05, 0.1) is 5.69 Å². The Labute approximate surface area is 151 Å². The number of carbonyl (C=O) groups excluding carboxylic acids is 1. The third-order valence-electron chi connectivity index (χ3n) is 5.50. The highest BCUT2D eigenvalue weighted by Crippen LogP contribution is 2.55. The molecule has 2 aliphatic carbocycles. The summed E-state index contributed by atoms with van der Waals surface area (Å²) in [5.41, 5.74) is 1.17. The molecule has 0 aliphatic heterocycles. The summed E-state index contributed by atoms with van der Waals surface area (Å²) < 4.78 is 1.15. The van der Waals surface area contributed by atoms with E-state index < -0.39 is 0 Å². The number of aromatic nitrogens is 4. The fourth-order valence-corrected chi connectivity index (χ4v) is 3.74. The number of hydrogen-bond acceptors (Lipinski definition) is 6. The normalized spacial score (nSPS) is 23.3. The Balaban J connectivity index is 1.50. The van der Waals surface area contributed by atoms with Crippen LogP contribution < -0.4 is 16.2 Å². The lowest BCUT2D eigenvalue weighted by Crippen LogP contribution is -2.60. The lowest BCUT2D eigenvalue weighted by atomic mass is 9.53. The summed E-state index contributed by atoms with van der Waals surface area (Å²) >= 11 is 0. The van der Waals surface area contributed by atoms with Crippen LogP contribution in [0.25, 0.3) is 11.3 Å². The molecule has 0 unspecified atom stereocenters. The lowest BCUT2D eigenvalue weighted by molar-refractivity contribution is -0.121. The summed E-state index contributed by atoms with van der Waals surface area (Å²) in [4.78, 5) is 32.4. The molecule has 2 N–H and O–H groups in total. The van der Waals surface area contributed by atoms with Crippen LogP contribution in [0.5, 0.6) is 0 Å². The highest BCUT2D eigenvalue weighted by atomic mass is 16.2. The van der Waals surface area contributed by atoms with Crippen LogP contribution in [0.4, 0.5) is 5.95 Å². The summed E-state index contributed by atoms with van der Waals surface area (Å²) in [5.74, 6) is 1.16. The van der Waals surface area contributed by atoms with E-state index in [1.54, 1.807) is 18.5 Å². The summed E-state index contributed by atoms with van der Waals surface area (Å²) in [6.45, 7) is 2.23. The largest absolute Gasteiger partial charge is 0.355 e. The van der Waals surface area contributed by atoms with E-state index in [0.29, 0.717) is 23.8 Å². The summed E-state index contributed by atoms with van der Waals surface area (Å²) in [6.07, 6.45) is 8.36. The molecule has 2 aromatic rings. The van der Waals surface area contributed by atoms with Gasteiger partial charge in [-0.25, -0.2) is 14.6 Å². The van der Waals surface area contributed by atoms with Gasteiger partial charge in [0.2, 0.25) is 11.9 Å². The quantitative estimate of drug-likeness (QED) is 0.808. The van der Waals surface area contributed by atoms with Gasteiger partial charge < -0.3 is 10.6 Å². The SMILES string of the molecule is CCNC(=O)Cn1nc(-c2cnc(NC34CCC3CC4)nc2)ccc1=O. The van der Waals surface area contributed by atoms with E-state index in [9.17, 15) is 9.59 Å². The fourth-order valence-electron chi connectivity index (χ4n) is 3.74. The second kappa shape index (κ2) is 6.51. The molecule has 0 spiro atoms. The third-order valence-corrected chi connectivity index (χ3v) is 5.50. The number of hydrogen-bond donors (Lipinski definition) is 2. The molecule has 0 radical (unpaired) electrons. The highest BCUT2D eigenvalue weighted by Gasteiger charge is 2.53. The van der Waals surface area contributed by atoms with Crippen molar-refractivity contribution in [3.8, 4) is 11.3 Å². The number of fused-ring (bicyclic) bond motifs is 1. The van der Waals surface area contributed by atoms with E-state index in [2.05, 4.69) is 25.7 Å². The van der Waals surface area contributed by atoms with Gasteiger partial charge in [-0.1, -0.05) is 0 Å². The van der Waals surface area contributed by atoms with Crippen LogP contribution in [-0.2, 0) is 11.3 Å². The zero-order chi connectivity index (χ0) is 18.1. The molecule has 8 heteroatoms. The van der Waals surface area contributed by atoms with Gasteiger partial charge in [-0.05, 0) is 44.6 Å². The van der Waals surface area contributed by atoms with Gasteiger partial charge in [0, 0.05) is 36.1 Å². The second-order valence-electron chi connectivity index (χ2n) is 7.02. The maximum absolute atomic E-state index is 11.9. The van der Waals surface area contributed by atoms with Gasteiger partial charge >= 0.3 is 0 Å². The van der Waals surface area contributed by atoms with Crippen LogP contribution >= 0.6 is 0 Å². The number of carbonyl (C=O) groups is 1. The fraction of sp³-hybridized carbons (Fsp3) is 0.500. The van der Waals surface area contributed by atoms with Gasteiger partial charge in [-0.3, -0.25) is 9.59 Å². The van der Waals surface area contributed by atoms with E-state index in [1.165, 1.54) is 31.7 Å². The van der Waals surface area contributed by atoms with E-state index in [4.69, 9.17) is 0 Å². The topological polar surface area (TPSA) is 102 Å². The van der Waals surface area contributed by atoms with Crippen molar-refractivity contribution >= 4 is 11.9 Å². The summed E-state index contributed by atoms with van der Waals surface area (Å²) in [6, 6.07) is 3.02. The third kappa shape index (κ3) is 2.95. The molecule has 2 aliphatic rings. The molecule has 0 atom stereocenters. The van der Waals surface area contributed by atoms with E-state index >= 15 is 0 Å². The number of rotatable bonds is 6. The standard InChI is InChI=1S/C18H22N6O2/c1-2-19-15(25)11-24-16(26)4-3-14(23-24)12-9-20-17(21-10-12)22-18-7-5-13(18)6-8-18/h3-4,9-10,13H,2,5-8,11H2,1H3,(H,19,25)(H,20,21,22). The van der Waals surface area contributed by atoms with E-state index in [0.717, 1.165) is 10.6 Å². The Morgan fingerprint density at radius 1 is 1.27 bits per heavy atom. The molecule has 1 amide bonds. The van der Waals surface area contributed by atoms with Crippen molar-refractivity contribution in [1.29, 1.82) is 0 Å². The Kier molecular flexibility index (Phi) is 4.18. The molecule has 26 heavy (non-hydrogen) atoms. The molecule has 0 bridgehead atoms. The van der Waals surface area contributed by atoms with E-state index in [-0.39, 0.29) is 23.6 Å². The number of amides is 1. The van der Waals surface area contributed by atoms with Crippen molar-refractivity contribution < 1.29 is 4.79 Å². The molecule has 2 aromatic heterocycles.